The third-order valence-electron chi connectivity index (χ3n) is 2.76. The minimum atomic E-state index is -3.21. The lowest BCUT2D eigenvalue weighted by atomic mass is 10.0. The molecule has 2 nitrogen and oxygen atoms in total. The number of alkyl halides is 1. The van der Waals surface area contributed by atoms with Crippen LogP contribution in [-0.2, 0) is 9.84 Å². The van der Waals surface area contributed by atoms with Crippen molar-refractivity contribution in [2.24, 2.45) is 0 Å². The van der Waals surface area contributed by atoms with Crippen LogP contribution in [-0.4, -0.2) is 14.7 Å². The van der Waals surface area contributed by atoms with Crippen molar-refractivity contribution in [3.8, 4) is 0 Å². The molecule has 5 heteroatoms. The van der Waals surface area contributed by atoms with E-state index in [2.05, 4.69) is 0 Å². The van der Waals surface area contributed by atoms with Gasteiger partial charge >= 0.3 is 0 Å². The summed E-state index contributed by atoms with van der Waals surface area (Å²) < 4.78 is 35.5. The largest absolute Gasteiger partial charge is 0.224 e. The first-order chi connectivity index (χ1) is 8.88. The molecular formula is C14H12ClFO2S. The zero-order chi connectivity index (χ0) is 14.0. The van der Waals surface area contributed by atoms with Crippen LogP contribution in [0, 0.1) is 5.82 Å². The Labute approximate surface area is 116 Å². The summed E-state index contributed by atoms with van der Waals surface area (Å²) in [6.07, 6.45) is 1.15. The summed E-state index contributed by atoms with van der Waals surface area (Å²) in [6.45, 7) is 0. The second-order valence-electron chi connectivity index (χ2n) is 4.26. The molecule has 0 bridgehead atoms. The minimum absolute atomic E-state index is 0.249. The number of hydrogen-bond acceptors (Lipinski definition) is 2. The highest BCUT2D eigenvalue weighted by atomic mass is 35.5. The second kappa shape index (κ2) is 5.31. The van der Waals surface area contributed by atoms with Gasteiger partial charge in [0.2, 0.25) is 0 Å². The Morgan fingerprint density at radius 2 is 1.37 bits per heavy atom. The predicted octanol–water partition coefficient (Wildman–Crippen LogP) is 3.56. The molecule has 0 heterocycles. The maximum atomic E-state index is 12.8. The molecule has 0 N–H and O–H groups in total. The van der Waals surface area contributed by atoms with Gasteiger partial charge in [-0.15, -0.1) is 11.6 Å². The Hall–Kier alpha value is -1.39. The van der Waals surface area contributed by atoms with Gasteiger partial charge in [-0.3, -0.25) is 0 Å². The fourth-order valence-corrected chi connectivity index (χ4v) is 2.63. The van der Waals surface area contributed by atoms with Crippen molar-refractivity contribution >= 4 is 21.4 Å². The van der Waals surface area contributed by atoms with Crippen LogP contribution in [0.25, 0.3) is 0 Å². The number of hydrogen-bond donors (Lipinski definition) is 0. The first-order valence-electron chi connectivity index (χ1n) is 5.57. The van der Waals surface area contributed by atoms with Gasteiger partial charge in [0.05, 0.1) is 10.3 Å². The van der Waals surface area contributed by atoms with E-state index in [1.54, 1.807) is 24.3 Å². The molecule has 1 unspecified atom stereocenters. The van der Waals surface area contributed by atoms with Crippen LogP contribution < -0.4 is 0 Å². The number of sulfone groups is 1. The van der Waals surface area contributed by atoms with Gasteiger partial charge in [-0.1, -0.05) is 24.3 Å². The van der Waals surface area contributed by atoms with E-state index in [0.29, 0.717) is 0 Å². The molecule has 0 aliphatic carbocycles. The topological polar surface area (TPSA) is 34.1 Å². The molecule has 0 radical (unpaired) electrons. The molecule has 0 aliphatic rings. The molecule has 0 fully saturated rings. The average molecular weight is 299 g/mol. The van der Waals surface area contributed by atoms with Crippen molar-refractivity contribution < 1.29 is 12.8 Å². The van der Waals surface area contributed by atoms with E-state index >= 15 is 0 Å². The van der Waals surface area contributed by atoms with Crippen molar-refractivity contribution in [3.63, 3.8) is 0 Å². The summed E-state index contributed by atoms with van der Waals surface area (Å²) in [4.78, 5) is 0.249. The van der Waals surface area contributed by atoms with Crippen LogP contribution in [0.4, 0.5) is 4.39 Å². The van der Waals surface area contributed by atoms with Gasteiger partial charge in [0, 0.05) is 6.26 Å². The molecule has 19 heavy (non-hydrogen) atoms. The van der Waals surface area contributed by atoms with Gasteiger partial charge in [0.25, 0.3) is 0 Å². The summed E-state index contributed by atoms with van der Waals surface area (Å²) >= 11 is 6.28. The van der Waals surface area contributed by atoms with Crippen molar-refractivity contribution in [1.29, 1.82) is 0 Å². The van der Waals surface area contributed by atoms with Gasteiger partial charge in [-0.05, 0) is 35.4 Å². The van der Waals surface area contributed by atoms with Gasteiger partial charge in [-0.2, -0.15) is 0 Å². The van der Waals surface area contributed by atoms with E-state index in [9.17, 15) is 12.8 Å². The van der Waals surface area contributed by atoms with Crippen LogP contribution >= 0.6 is 11.6 Å². The molecule has 0 saturated carbocycles. The molecule has 0 aromatic heterocycles. The Morgan fingerprint density at radius 1 is 0.947 bits per heavy atom. The Kier molecular flexibility index (Phi) is 3.92. The quantitative estimate of drug-likeness (QED) is 0.812. The highest BCUT2D eigenvalue weighted by Gasteiger charge is 2.12. The van der Waals surface area contributed by atoms with Crippen LogP contribution in [0.15, 0.2) is 53.4 Å². The Morgan fingerprint density at radius 3 is 1.79 bits per heavy atom. The molecular weight excluding hydrogens is 287 g/mol. The van der Waals surface area contributed by atoms with Gasteiger partial charge in [0.15, 0.2) is 9.84 Å². The summed E-state index contributed by atoms with van der Waals surface area (Å²) in [5.74, 6) is -0.319. The normalized spacial score (nSPS) is 13.2. The highest BCUT2D eigenvalue weighted by Crippen LogP contribution is 2.29. The van der Waals surface area contributed by atoms with E-state index in [1.807, 2.05) is 0 Å². The summed E-state index contributed by atoms with van der Waals surface area (Å²) in [5.41, 5.74) is 1.52. The standard InChI is InChI=1S/C14H12ClFO2S/c1-19(17,18)13-8-4-11(5-9-13)14(15)10-2-6-12(16)7-3-10/h2-9,14H,1H3. The van der Waals surface area contributed by atoms with E-state index < -0.39 is 15.2 Å². The van der Waals surface area contributed by atoms with Crippen molar-refractivity contribution in [2.45, 2.75) is 10.3 Å². The fraction of sp³-hybridized carbons (Fsp3) is 0.143. The average Bonchev–Trinajstić information content (AvgIpc) is 2.38. The minimum Gasteiger partial charge on any atom is -0.224 e. The zero-order valence-electron chi connectivity index (χ0n) is 10.2. The van der Waals surface area contributed by atoms with Gasteiger partial charge in [0.1, 0.15) is 5.82 Å². The molecule has 0 amide bonds. The lowest BCUT2D eigenvalue weighted by molar-refractivity contribution is 0.602. The number of rotatable bonds is 3. The van der Waals surface area contributed by atoms with Crippen LogP contribution in [0.2, 0.25) is 0 Å². The third kappa shape index (κ3) is 3.33. The highest BCUT2D eigenvalue weighted by molar-refractivity contribution is 7.90. The maximum absolute atomic E-state index is 12.8. The first kappa shape index (κ1) is 14.0. The molecule has 2 aromatic rings. The molecule has 1 atom stereocenters. The number of halogens is 2. The van der Waals surface area contributed by atoms with E-state index in [0.717, 1.165) is 17.4 Å². The Balaban J connectivity index is 2.30. The predicted molar refractivity (Wildman–Crippen MR) is 73.6 cm³/mol. The van der Waals surface area contributed by atoms with E-state index in [1.165, 1.54) is 24.3 Å². The Bertz CT molecular complexity index is 664. The molecule has 100 valence electrons. The molecule has 0 saturated heterocycles. The number of benzene rings is 2. The SMILES string of the molecule is CS(=O)(=O)c1ccc(C(Cl)c2ccc(F)cc2)cc1. The third-order valence-corrected chi connectivity index (χ3v) is 4.40. The van der Waals surface area contributed by atoms with E-state index in [-0.39, 0.29) is 10.7 Å². The fourth-order valence-electron chi connectivity index (χ4n) is 1.71. The summed E-state index contributed by atoms with van der Waals surface area (Å²) in [6, 6.07) is 12.3. The molecule has 2 aromatic carbocycles. The molecule has 2 rings (SSSR count). The lowest BCUT2D eigenvalue weighted by Gasteiger charge is -2.10. The molecule has 0 aliphatic heterocycles. The van der Waals surface area contributed by atoms with Crippen LogP contribution in [0.1, 0.15) is 16.5 Å². The second-order valence-corrected chi connectivity index (χ2v) is 6.71. The summed E-state index contributed by atoms with van der Waals surface area (Å²) in [7, 11) is -3.21. The van der Waals surface area contributed by atoms with Crippen LogP contribution in [0.5, 0.6) is 0 Å². The van der Waals surface area contributed by atoms with E-state index in [4.69, 9.17) is 11.6 Å². The van der Waals surface area contributed by atoms with Crippen LogP contribution in [0.3, 0.4) is 0 Å². The first-order valence-corrected chi connectivity index (χ1v) is 7.90. The van der Waals surface area contributed by atoms with Gasteiger partial charge in [-0.25, -0.2) is 12.8 Å². The van der Waals surface area contributed by atoms with Crippen molar-refractivity contribution in [3.05, 3.63) is 65.5 Å². The smallest absolute Gasteiger partial charge is 0.175 e. The van der Waals surface area contributed by atoms with Crippen molar-refractivity contribution in [1.82, 2.24) is 0 Å². The molecule has 0 spiro atoms. The van der Waals surface area contributed by atoms with Crippen molar-refractivity contribution in [2.75, 3.05) is 6.26 Å². The van der Waals surface area contributed by atoms with Gasteiger partial charge < -0.3 is 0 Å². The lowest BCUT2D eigenvalue weighted by Crippen LogP contribution is -1.98. The maximum Gasteiger partial charge on any atom is 0.175 e. The zero-order valence-corrected chi connectivity index (χ0v) is 11.7. The monoisotopic (exact) mass is 298 g/mol. The summed E-state index contributed by atoms with van der Waals surface area (Å²) in [5, 5.41) is -0.436.